The van der Waals surface area contributed by atoms with Crippen molar-refractivity contribution in [3.05, 3.63) is 29.6 Å². The minimum atomic E-state index is -3.36. The third-order valence-corrected chi connectivity index (χ3v) is 2.85. The highest BCUT2D eigenvalue weighted by Gasteiger charge is 2.07. The van der Waals surface area contributed by atoms with E-state index >= 15 is 0 Å². The summed E-state index contributed by atoms with van der Waals surface area (Å²) in [6, 6.07) is 4.11. The van der Waals surface area contributed by atoms with Gasteiger partial charge < -0.3 is 5.32 Å². The number of carbonyl (C=O) groups is 1. The number of amides is 1. The SMILES string of the molecule is CCC(=O)Nc1ccc(CNS(C)(=O)=O)c(F)c1. The Kier molecular flexibility index (Phi) is 4.80. The number of hydrogen-bond acceptors (Lipinski definition) is 3. The Morgan fingerprint density at radius 1 is 1.39 bits per heavy atom. The molecule has 0 bridgehead atoms. The molecule has 1 rings (SSSR count). The van der Waals surface area contributed by atoms with Crippen molar-refractivity contribution in [3.63, 3.8) is 0 Å². The molecule has 0 heterocycles. The molecule has 0 aliphatic rings. The summed E-state index contributed by atoms with van der Waals surface area (Å²) in [7, 11) is -3.36. The van der Waals surface area contributed by atoms with E-state index in [0.717, 1.165) is 12.3 Å². The lowest BCUT2D eigenvalue weighted by Crippen LogP contribution is -2.21. The molecule has 0 unspecified atom stereocenters. The van der Waals surface area contributed by atoms with E-state index in [2.05, 4.69) is 10.0 Å². The number of nitrogens with one attached hydrogen (secondary N) is 2. The van der Waals surface area contributed by atoms with E-state index in [9.17, 15) is 17.6 Å². The highest BCUT2D eigenvalue weighted by atomic mass is 32.2. The van der Waals surface area contributed by atoms with Gasteiger partial charge in [-0.15, -0.1) is 0 Å². The molecule has 1 aromatic carbocycles. The third kappa shape index (κ3) is 4.80. The first-order chi connectivity index (χ1) is 8.31. The van der Waals surface area contributed by atoms with Crippen molar-refractivity contribution in [2.75, 3.05) is 11.6 Å². The van der Waals surface area contributed by atoms with Crippen LogP contribution < -0.4 is 10.0 Å². The fourth-order valence-corrected chi connectivity index (χ4v) is 1.64. The molecule has 2 N–H and O–H groups in total. The average Bonchev–Trinajstić information content (AvgIpc) is 2.26. The van der Waals surface area contributed by atoms with Gasteiger partial charge in [0.1, 0.15) is 5.82 Å². The first kappa shape index (κ1) is 14.6. The maximum atomic E-state index is 13.6. The van der Waals surface area contributed by atoms with Gasteiger partial charge in [-0.25, -0.2) is 17.5 Å². The first-order valence-corrected chi connectivity index (χ1v) is 7.24. The average molecular weight is 274 g/mol. The van der Waals surface area contributed by atoms with Crippen LogP contribution in [0.15, 0.2) is 18.2 Å². The molecule has 100 valence electrons. The third-order valence-electron chi connectivity index (χ3n) is 2.18. The lowest BCUT2D eigenvalue weighted by molar-refractivity contribution is -0.115. The fraction of sp³-hybridized carbons (Fsp3) is 0.364. The fourth-order valence-electron chi connectivity index (χ4n) is 1.23. The Labute approximate surface area is 105 Å². The van der Waals surface area contributed by atoms with E-state index in [0.29, 0.717) is 12.1 Å². The number of halogens is 1. The lowest BCUT2D eigenvalue weighted by atomic mass is 10.2. The van der Waals surface area contributed by atoms with Crippen LogP contribution in [0.4, 0.5) is 10.1 Å². The second-order valence-electron chi connectivity index (χ2n) is 3.80. The Balaban J connectivity index is 2.77. The largest absolute Gasteiger partial charge is 0.326 e. The van der Waals surface area contributed by atoms with E-state index in [4.69, 9.17) is 0 Å². The van der Waals surface area contributed by atoms with Crippen molar-refractivity contribution in [2.45, 2.75) is 19.9 Å². The Bertz CT molecular complexity index is 543. The van der Waals surface area contributed by atoms with Crippen LogP contribution in [0.5, 0.6) is 0 Å². The molecule has 1 aromatic rings. The standard InChI is InChI=1S/C11H15FN2O3S/c1-3-11(15)14-9-5-4-8(10(12)6-9)7-13-18(2,16)17/h4-6,13H,3,7H2,1-2H3,(H,14,15). The zero-order valence-corrected chi connectivity index (χ0v) is 11.0. The number of rotatable bonds is 5. The maximum Gasteiger partial charge on any atom is 0.224 e. The molecule has 1 amide bonds. The molecule has 0 spiro atoms. The summed E-state index contributed by atoms with van der Waals surface area (Å²) < 4.78 is 37.5. The molecule has 0 radical (unpaired) electrons. The minimum Gasteiger partial charge on any atom is -0.326 e. The van der Waals surface area contributed by atoms with Crippen LogP contribution in [0, 0.1) is 5.82 Å². The van der Waals surface area contributed by atoms with Gasteiger partial charge in [-0.2, -0.15) is 0 Å². The number of sulfonamides is 1. The molecule has 7 heteroatoms. The van der Waals surface area contributed by atoms with Crippen LogP contribution in [0.2, 0.25) is 0 Å². The number of hydrogen-bond donors (Lipinski definition) is 2. The summed E-state index contributed by atoms with van der Waals surface area (Å²) in [6.45, 7) is 1.57. The Morgan fingerprint density at radius 3 is 2.56 bits per heavy atom. The Hall–Kier alpha value is -1.47. The number of anilines is 1. The molecular formula is C11H15FN2O3S. The van der Waals surface area contributed by atoms with Crippen LogP contribution in [-0.4, -0.2) is 20.6 Å². The summed E-state index contributed by atoms with van der Waals surface area (Å²) in [5.41, 5.74) is 0.567. The summed E-state index contributed by atoms with van der Waals surface area (Å²) in [5.74, 6) is -0.781. The predicted molar refractivity (Wildman–Crippen MR) is 67.0 cm³/mol. The van der Waals surface area contributed by atoms with Crippen molar-refractivity contribution in [1.82, 2.24) is 4.72 Å². The van der Waals surface area contributed by atoms with Gasteiger partial charge in [0, 0.05) is 24.2 Å². The summed E-state index contributed by atoms with van der Waals surface area (Å²) in [4.78, 5) is 11.1. The normalized spacial score (nSPS) is 11.3. The van der Waals surface area contributed by atoms with Crippen LogP contribution in [-0.2, 0) is 21.4 Å². The molecule has 5 nitrogen and oxygen atoms in total. The van der Waals surface area contributed by atoms with Crippen molar-refractivity contribution >= 4 is 21.6 Å². The monoisotopic (exact) mass is 274 g/mol. The molecule has 18 heavy (non-hydrogen) atoms. The second kappa shape index (κ2) is 5.92. The second-order valence-corrected chi connectivity index (χ2v) is 5.63. The zero-order valence-electron chi connectivity index (χ0n) is 10.2. The number of benzene rings is 1. The molecule has 0 aliphatic heterocycles. The van der Waals surface area contributed by atoms with E-state index in [1.165, 1.54) is 12.1 Å². The van der Waals surface area contributed by atoms with Gasteiger partial charge in [0.2, 0.25) is 15.9 Å². The highest BCUT2D eigenvalue weighted by molar-refractivity contribution is 7.88. The van der Waals surface area contributed by atoms with E-state index < -0.39 is 15.8 Å². The molecule has 0 saturated heterocycles. The van der Waals surface area contributed by atoms with Gasteiger partial charge >= 0.3 is 0 Å². The topological polar surface area (TPSA) is 75.3 Å². The van der Waals surface area contributed by atoms with Crippen LogP contribution in [0.1, 0.15) is 18.9 Å². The lowest BCUT2D eigenvalue weighted by Gasteiger charge is -2.07. The van der Waals surface area contributed by atoms with Gasteiger partial charge in [-0.3, -0.25) is 4.79 Å². The van der Waals surface area contributed by atoms with Crippen LogP contribution in [0.3, 0.4) is 0 Å². The van der Waals surface area contributed by atoms with Crippen LogP contribution in [0.25, 0.3) is 0 Å². The van der Waals surface area contributed by atoms with Gasteiger partial charge in [0.15, 0.2) is 0 Å². The Morgan fingerprint density at radius 2 is 2.06 bits per heavy atom. The molecule has 0 aliphatic carbocycles. The molecular weight excluding hydrogens is 259 g/mol. The van der Waals surface area contributed by atoms with Crippen LogP contribution >= 0.6 is 0 Å². The minimum absolute atomic E-state index is 0.118. The van der Waals surface area contributed by atoms with E-state index in [1.807, 2.05) is 0 Å². The quantitative estimate of drug-likeness (QED) is 0.847. The van der Waals surface area contributed by atoms with Gasteiger partial charge in [-0.05, 0) is 12.1 Å². The summed E-state index contributed by atoms with van der Waals surface area (Å²) in [6.07, 6.45) is 1.31. The molecule has 0 atom stereocenters. The molecule has 0 saturated carbocycles. The van der Waals surface area contributed by atoms with Gasteiger partial charge in [-0.1, -0.05) is 13.0 Å². The predicted octanol–water partition coefficient (Wildman–Crippen LogP) is 1.22. The smallest absolute Gasteiger partial charge is 0.224 e. The van der Waals surface area contributed by atoms with Crippen molar-refractivity contribution in [1.29, 1.82) is 0 Å². The van der Waals surface area contributed by atoms with E-state index in [1.54, 1.807) is 6.92 Å². The van der Waals surface area contributed by atoms with Gasteiger partial charge in [0.25, 0.3) is 0 Å². The summed E-state index contributed by atoms with van der Waals surface area (Å²) in [5, 5.41) is 2.51. The molecule has 0 aromatic heterocycles. The maximum absolute atomic E-state index is 13.6. The summed E-state index contributed by atoms with van der Waals surface area (Å²) >= 11 is 0. The molecule has 0 fully saturated rings. The van der Waals surface area contributed by atoms with Crippen molar-refractivity contribution in [3.8, 4) is 0 Å². The van der Waals surface area contributed by atoms with Gasteiger partial charge in [0.05, 0.1) is 6.26 Å². The van der Waals surface area contributed by atoms with Crippen molar-refractivity contribution in [2.24, 2.45) is 0 Å². The van der Waals surface area contributed by atoms with Crippen molar-refractivity contribution < 1.29 is 17.6 Å². The number of carbonyl (C=O) groups excluding carboxylic acids is 1. The first-order valence-electron chi connectivity index (χ1n) is 5.34. The zero-order chi connectivity index (χ0) is 13.8. The highest BCUT2D eigenvalue weighted by Crippen LogP contribution is 2.14. The van der Waals surface area contributed by atoms with E-state index in [-0.39, 0.29) is 18.0 Å².